The van der Waals surface area contributed by atoms with E-state index >= 15 is 0 Å². The van der Waals surface area contributed by atoms with E-state index in [1.165, 1.54) is 11.3 Å². The quantitative estimate of drug-likeness (QED) is 0.666. The third kappa shape index (κ3) is 2.82. The Hall–Kier alpha value is -1.88. The lowest BCUT2D eigenvalue weighted by atomic mass is 10.1. The van der Waals surface area contributed by atoms with Crippen molar-refractivity contribution in [3.8, 4) is 10.9 Å². The Kier molecular flexibility index (Phi) is 3.39. The molecule has 2 aromatic rings. The molecule has 2 rings (SSSR count). The SMILES string of the molecule is C=CCc1cc(N)ccc1Oc1nnc(C)s1. The van der Waals surface area contributed by atoms with E-state index in [4.69, 9.17) is 10.5 Å². The predicted octanol–water partition coefficient (Wildman–Crippen LogP) is 2.95. The third-order valence-electron chi connectivity index (χ3n) is 2.15. The fraction of sp³-hybridized carbons (Fsp3) is 0.167. The van der Waals surface area contributed by atoms with Crippen LogP contribution < -0.4 is 10.5 Å². The minimum Gasteiger partial charge on any atom is -0.429 e. The Morgan fingerprint density at radius 3 is 2.94 bits per heavy atom. The van der Waals surface area contributed by atoms with Crippen LogP contribution in [0.2, 0.25) is 0 Å². The summed E-state index contributed by atoms with van der Waals surface area (Å²) in [7, 11) is 0. The van der Waals surface area contributed by atoms with Gasteiger partial charge < -0.3 is 10.5 Å². The first kappa shape index (κ1) is 11.6. The van der Waals surface area contributed by atoms with E-state index in [2.05, 4.69) is 16.8 Å². The highest BCUT2D eigenvalue weighted by atomic mass is 32.1. The summed E-state index contributed by atoms with van der Waals surface area (Å²) in [5.74, 6) is 0.746. The second kappa shape index (κ2) is 4.97. The molecule has 1 heterocycles. The van der Waals surface area contributed by atoms with E-state index in [1.54, 1.807) is 6.07 Å². The fourth-order valence-electron chi connectivity index (χ4n) is 1.43. The number of anilines is 1. The van der Waals surface area contributed by atoms with Gasteiger partial charge in [-0.05, 0) is 31.5 Å². The summed E-state index contributed by atoms with van der Waals surface area (Å²) >= 11 is 1.41. The Morgan fingerprint density at radius 2 is 2.29 bits per heavy atom. The number of nitrogen functional groups attached to an aromatic ring is 1. The van der Waals surface area contributed by atoms with Crippen LogP contribution in [0.5, 0.6) is 10.9 Å². The van der Waals surface area contributed by atoms with Crippen molar-refractivity contribution in [2.75, 3.05) is 5.73 Å². The van der Waals surface area contributed by atoms with Crippen molar-refractivity contribution in [3.05, 3.63) is 41.4 Å². The fourth-order valence-corrected chi connectivity index (χ4v) is 1.98. The summed E-state index contributed by atoms with van der Waals surface area (Å²) in [6.45, 7) is 5.60. The number of hydrogen-bond donors (Lipinski definition) is 1. The van der Waals surface area contributed by atoms with Gasteiger partial charge >= 0.3 is 0 Å². The summed E-state index contributed by atoms with van der Waals surface area (Å²) < 4.78 is 5.68. The highest BCUT2D eigenvalue weighted by Gasteiger charge is 2.07. The van der Waals surface area contributed by atoms with Crippen molar-refractivity contribution in [1.29, 1.82) is 0 Å². The molecule has 0 amide bonds. The van der Waals surface area contributed by atoms with E-state index in [0.717, 1.165) is 16.3 Å². The minimum atomic E-state index is 0.539. The topological polar surface area (TPSA) is 61.0 Å². The van der Waals surface area contributed by atoms with Crippen molar-refractivity contribution < 1.29 is 4.74 Å². The lowest BCUT2D eigenvalue weighted by Gasteiger charge is -2.07. The maximum Gasteiger partial charge on any atom is 0.299 e. The first-order valence-corrected chi connectivity index (χ1v) is 5.98. The molecule has 0 spiro atoms. The smallest absolute Gasteiger partial charge is 0.299 e. The predicted molar refractivity (Wildman–Crippen MR) is 69.5 cm³/mol. The molecule has 4 nitrogen and oxygen atoms in total. The molecule has 0 saturated heterocycles. The number of allylic oxidation sites excluding steroid dienone is 1. The summed E-state index contributed by atoms with van der Waals surface area (Å²) in [5, 5.41) is 9.24. The zero-order valence-electron chi connectivity index (χ0n) is 9.51. The Labute approximate surface area is 104 Å². The van der Waals surface area contributed by atoms with Crippen LogP contribution in [0.1, 0.15) is 10.6 Å². The van der Waals surface area contributed by atoms with E-state index in [0.29, 0.717) is 17.3 Å². The summed E-state index contributed by atoms with van der Waals surface area (Å²) in [4.78, 5) is 0. The van der Waals surface area contributed by atoms with Gasteiger partial charge in [0.15, 0.2) is 0 Å². The number of nitrogens with two attached hydrogens (primary N) is 1. The van der Waals surface area contributed by atoms with Crippen LogP contribution in [-0.2, 0) is 6.42 Å². The molecule has 0 aliphatic carbocycles. The molecule has 1 aromatic carbocycles. The maximum absolute atomic E-state index is 5.74. The van der Waals surface area contributed by atoms with Crippen molar-refractivity contribution >= 4 is 17.0 Å². The first-order valence-electron chi connectivity index (χ1n) is 5.16. The zero-order chi connectivity index (χ0) is 12.3. The van der Waals surface area contributed by atoms with Gasteiger partial charge in [-0.3, -0.25) is 0 Å². The first-order chi connectivity index (χ1) is 8.19. The molecule has 1 aromatic heterocycles. The van der Waals surface area contributed by atoms with Crippen LogP contribution in [0.15, 0.2) is 30.9 Å². The van der Waals surface area contributed by atoms with Gasteiger partial charge in [0.05, 0.1) is 0 Å². The lowest BCUT2D eigenvalue weighted by Crippen LogP contribution is -1.93. The second-order valence-electron chi connectivity index (χ2n) is 3.55. The Bertz CT molecular complexity index is 536. The summed E-state index contributed by atoms with van der Waals surface area (Å²) in [6.07, 6.45) is 2.52. The second-order valence-corrected chi connectivity index (χ2v) is 4.69. The normalized spacial score (nSPS) is 10.2. The molecule has 88 valence electrons. The van der Waals surface area contributed by atoms with Crippen LogP contribution >= 0.6 is 11.3 Å². The van der Waals surface area contributed by atoms with Crippen molar-refractivity contribution in [3.63, 3.8) is 0 Å². The Balaban J connectivity index is 2.28. The standard InChI is InChI=1S/C12H13N3OS/c1-3-4-9-7-10(13)5-6-11(9)16-12-15-14-8(2)17-12/h3,5-7H,1,4,13H2,2H3. The van der Waals surface area contributed by atoms with Crippen LogP contribution in [0, 0.1) is 6.92 Å². The number of benzene rings is 1. The van der Waals surface area contributed by atoms with Crippen LogP contribution in [0.4, 0.5) is 5.69 Å². The Morgan fingerprint density at radius 1 is 1.47 bits per heavy atom. The number of aryl methyl sites for hydroxylation is 1. The molecule has 0 radical (unpaired) electrons. The van der Waals surface area contributed by atoms with Gasteiger partial charge in [-0.15, -0.1) is 11.7 Å². The molecule has 2 N–H and O–H groups in total. The van der Waals surface area contributed by atoms with E-state index in [9.17, 15) is 0 Å². The van der Waals surface area contributed by atoms with Crippen LogP contribution in [0.25, 0.3) is 0 Å². The van der Waals surface area contributed by atoms with Crippen LogP contribution in [0.3, 0.4) is 0 Å². The summed E-state index contributed by atoms with van der Waals surface area (Å²) in [6, 6.07) is 5.52. The van der Waals surface area contributed by atoms with Gasteiger partial charge in [0.25, 0.3) is 5.19 Å². The van der Waals surface area contributed by atoms with E-state index < -0.39 is 0 Å². The molecule has 0 atom stereocenters. The van der Waals surface area contributed by atoms with Gasteiger partial charge in [-0.2, -0.15) is 0 Å². The maximum atomic E-state index is 5.74. The largest absolute Gasteiger partial charge is 0.429 e. The van der Waals surface area contributed by atoms with Gasteiger partial charge in [0.1, 0.15) is 10.8 Å². The van der Waals surface area contributed by atoms with Crippen molar-refractivity contribution in [1.82, 2.24) is 10.2 Å². The molecule has 0 aliphatic heterocycles. The van der Waals surface area contributed by atoms with Gasteiger partial charge in [0.2, 0.25) is 0 Å². The number of hydrogen-bond acceptors (Lipinski definition) is 5. The molecular weight excluding hydrogens is 234 g/mol. The monoisotopic (exact) mass is 247 g/mol. The van der Waals surface area contributed by atoms with Gasteiger partial charge in [0, 0.05) is 11.3 Å². The summed E-state index contributed by atoms with van der Waals surface area (Å²) in [5.41, 5.74) is 7.44. The average molecular weight is 247 g/mol. The van der Waals surface area contributed by atoms with E-state index in [-0.39, 0.29) is 0 Å². The molecule has 17 heavy (non-hydrogen) atoms. The number of rotatable bonds is 4. The van der Waals surface area contributed by atoms with Crippen molar-refractivity contribution in [2.24, 2.45) is 0 Å². The average Bonchev–Trinajstić information content (AvgIpc) is 2.69. The minimum absolute atomic E-state index is 0.539. The number of ether oxygens (including phenoxy) is 1. The van der Waals surface area contributed by atoms with Gasteiger partial charge in [-0.1, -0.05) is 22.5 Å². The highest BCUT2D eigenvalue weighted by Crippen LogP contribution is 2.29. The molecule has 5 heteroatoms. The highest BCUT2D eigenvalue weighted by molar-refractivity contribution is 7.13. The van der Waals surface area contributed by atoms with Crippen LogP contribution in [-0.4, -0.2) is 10.2 Å². The zero-order valence-corrected chi connectivity index (χ0v) is 10.3. The number of aromatic nitrogens is 2. The molecule has 0 fully saturated rings. The third-order valence-corrected chi connectivity index (χ3v) is 2.87. The molecule has 0 saturated carbocycles. The van der Waals surface area contributed by atoms with E-state index in [1.807, 2.05) is 25.1 Å². The number of nitrogens with zero attached hydrogens (tertiary/aromatic N) is 2. The molecule has 0 aliphatic rings. The lowest BCUT2D eigenvalue weighted by molar-refractivity contribution is 0.468. The van der Waals surface area contributed by atoms with Gasteiger partial charge in [-0.25, -0.2) is 0 Å². The molecular formula is C12H13N3OS. The molecule has 0 unspecified atom stereocenters. The molecule has 0 bridgehead atoms. The van der Waals surface area contributed by atoms with Crippen molar-refractivity contribution in [2.45, 2.75) is 13.3 Å².